The maximum atomic E-state index is 12.6. The largest absolute Gasteiger partial charge is 0.755 e. The standard InChI is InChI=1S/C22H20F3N3O3S/c1-14-3-8-18(9-4-14)28(32(30)31)19-11-17(7-5-15(19)2)21(29)27-13-16-6-10-20(26-12-16)22(23,24)25/h3-12H,13H2,1-2H3,(H,27,29)(H,30,31)/p-1. The topological polar surface area (TPSA) is 85.4 Å². The fourth-order valence-corrected chi connectivity index (χ4v) is 3.59. The van der Waals surface area contributed by atoms with Crippen molar-refractivity contribution in [3.63, 3.8) is 0 Å². The van der Waals surface area contributed by atoms with E-state index < -0.39 is 29.0 Å². The van der Waals surface area contributed by atoms with Crippen LogP contribution in [0, 0.1) is 13.8 Å². The van der Waals surface area contributed by atoms with E-state index in [9.17, 15) is 26.7 Å². The van der Waals surface area contributed by atoms with Crippen LogP contribution >= 0.6 is 0 Å². The number of benzene rings is 2. The van der Waals surface area contributed by atoms with Gasteiger partial charge in [-0.2, -0.15) is 13.2 Å². The summed E-state index contributed by atoms with van der Waals surface area (Å²) in [5.74, 6) is -0.508. The van der Waals surface area contributed by atoms with Crippen molar-refractivity contribution < 1.29 is 26.7 Å². The summed E-state index contributed by atoms with van der Waals surface area (Å²) >= 11 is -2.64. The average Bonchev–Trinajstić information content (AvgIpc) is 2.74. The highest BCUT2D eigenvalue weighted by Gasteiger charge is 2.32. The van der Waals surface area contributed by atoms with E-state index in [2.05, 4.69) is 10.3 Å². The number of halogens is 3. The van der Waals surface area contributed by atoms with Crippen LogP contribution in [0.15, 0.2) is 60.8 Å². The Balaban J connectivity index is 1.80. The summed E-state index contributed by atoms with van der Waals surface area (Å²) in [6.45, 7) is 3.56. The Kier molecular flexibility index (Phi) is 6.95. The van der Waals surface area contributed by atoms with Gasteiger partial charge in [0.15, 0.2) is 0 Å². The number of nitrogens with one attached hydrogen (secondary N) is 1. The van der Waals surface area contributed by atoms with Crippen molar-refractivity contribution >= 4 is 28.5 Å². The molecule has 1 N–H and O–H groups in total. The van der Waals surface area contributed by atoms with E-state index in [1.165, 1.54) is 12.1 Å². The number of nitrogens with zero attached hydrogens (tertiary/aromatic N) is 2. The first-order valence-corrected chi connectivity index (χ1v) is 10.5. The van der Waals surface area contributed by atoms with Gasteiger partial charge in [-0.25, -0.2) is 0 Å². The quantitative estimate of drug-likeness (QED) is 0.544. The highest BCUT2D eigenvalue weighted by atomic mass is 32.2. The van der Waals surface area contributed by atoms with E-state index in [1.807, 2.05) is 6.92 Å². The molecule has 168 valence electrons. The van der Waals surface area contributed by atoms with Crippen molar-refractivity contribution in [2.75, 3.05) is 4.31 Å². The van der Waals surface area contributed by atoms with Gasteiger partial charge in [-0.3, -0.25) is 18.3 Å². The minimum Gasteiger partial charge on any atom is -0.755 e. The number of alkyl halides is 3. The molecule has 1 amide bonds. The number of hydrogen-bond acceptors (Lipinski definition) is 4. The number of carbonyl (C=O) groups excluding carboxylic acids is 1. The first-order chi connectivity index (χ1) is 15.1. The zero-order chi connectivity index (χ0) is 23.5. The molecule has 1 atom stereocenters. The summed E-state index contributed by atoms with van der Waals surface area (Å²) in [6.07, 6.45) is -3.49. The molecule has 0 spiro atoms. The molecule has 3 aromatic rings. The van der Waals surface area contributed by atoms with Crippen molar-refractivity contribution in [3.8, 4) is 0 Å². The van der Waals surface area contributed by atoms with Crippen molar-refractivity contribution in [3.05, 3.63) is 88.7 Å². The Morgan fingerprint density at radius 2 is 1.78 bits per heavy atom. The van der Waals surface area contributed by atoms with Crippen LogP contribution in [0.25, 0.3) is 0 Å². The maximum Gasteiger partial charge on any atom is 0.433 e. The summed E-state index contributed by atoms with van der Waals surface area (Å²) in [6, 6.07) is 13.6. The molecule has 6 nitrogen and oxygen atoms in total. The Bertz CT molecular complexity index is 1130. The molecule has 1 heterocycles. The zero-order valence-corrected chi connectivity index (χ0v) is 18.0. The minimum absolute atomic E-state index is 0.0393. The number of rotatable bonds is 6. The van der Waals surface area contributed by atoms with Crippen LogP contribution in [0.1, 0.15) is 32.7 Å². The molecule has 10 heteroatoms. The summed E-state index contributed by atoms with van der Waals surface area (Å²) < 4.78 is 62.8. The molecule has 1 unspecified atom stereocenters. The predicted octanol–water partition coefficient (Wildman–Crippen LogP) is 4.58. The average molecular weight is 462 g/mol. The first kappa shape index (κ1) is 23.4. The molecule has 3 rings (SSSR count). The maximum absolute atomic E-state index is 12.6. The summed E-state index contributed by atoms with van der Waals surface area (Å²) in [4.78, 5) is 16.0. The van der Waals surface area contributed by atoms with Gasteiger partial charge in [0.05, 0.1) is 22.6 Å². The first-order valence-electron chi connectivity index (χ1n) is 9.43. The molecular formula is C22H19F3N3O3S-. The lowest BCUT2D eigenvalue weighted by Gasteiger charge is -2.28. The summed E-state index contributed by atoms with van der Waals surface area (Å²) in [5.41, 5.74) is 1.91. The Morgan fingerprint density at radius 3 is 2.34 bits per heavy atom. The molecule has 0 aliphatic rings. The smallest absolute Gasteiger partial charge is 0.433 e. The van der Waals surface area contributed by atoms with E-state index in [0.717, 1.165) is 22.1 Å². The third-order valence-electron chi connectivity index (χ3n) is 4.68. The highest BCUT2D eigenvalue weighted by molar-refractivity contribution is 7.81. The fraction of sp³-hybridized carbons (Fsp3) is 0.182. The predicted molar refractivity (Wildman–Crippen MR) is 114 cm³/mol. The van der Waals surface area contributed by atoms with Crippen molar-refractivity contribution in [1.29, 1.82) is 0 Å². The number of pyridine rings is 1. The fourth-order valence-electron chi connectivity index (χ4n) is 2.94. The second-order valence-corrected chi connectivity index (χ2v) is 7.88. The lowest BCUT2D eigenvalue weighted by Crippen LogP contribution is -2.24. The molecule has 0 bridgehead atoms. The van der Waals surface area contributed by atoms with Gasteiger partial charge in [0.2, 0.25) is 0 Å². The molecular weight excluding hydrogens is 443 g/mol. The number of carbonyl (C=O) groups is 1. The Morgan fingerprint density at radius 1 is 1.09 bits per heavy atom. The summed E-state index contributed by atoms with van der Waals surface area (Å²) in [7, 11) is 0. The molecule has 0 aliphatic heterocycles. The van der Waals surface area contributed by atoms with Crippen LogP contribution in [0.5, 0.6) is 0 Å². The number of aromatic nitrogens is 1. The number of amides is 1. The number of aryl methyl sites for hydroxylation is 2. The molecule has 0 radical (unpaired) electrons. The SMILES string of the molecule is Cc1ccc(N(c2cc(C(=O)NCc3ccc(C(F)(F)F)nc3)ccc2C)S(=O)[O-])cc1. The number of hydrogen-bond donors (Lipinski definition) is 1. The van der Waals surface area contributed by atoms with E-state index in [-0.39, 0.29) is 12.1 Å². The van der Waals surface area contributed by atoms with E-state index in [0.29, 0.717) is 22.5 Å². The van der Waals surface area contributed by atoms with Gasteiger partial charge in [-0.15, -0.1) is 0 Å². The van der Waals surface area contributed by atoms with E-state index in [1.54, 1.807) is 43.3 Å². The van der Waals surface area contributed by atoms with Crippen LogP contribution in [0.4, 0.5) is 24.5 Å². The molecule has 2 aromatic carbocycles. The number of anilines is 2. The second-order valence-electron chi connectivity index (χ2n) is 7.08. The van der Waals surface area contributed by atoms with Crippen LogP contribution in [0.2, 0.25) is 0 Å². The second kappa shape index (κ2) is 9.49. The normalized spacial score (nSPS) is 12.3. The highest BCUT2D eigenvalue weighted by Crippen LogP contribution is 2.31. The monoisotopic (exact) mass is 462 g/mol. The third-order valence-corrected chi connectivity index (χ3v) is 5.38. The Labute approximate surface area is 185 Å². The van der Waals surface area contributed by atoms with E-state index in [4.69, 9.17) is 0 Å². The van der Waals surface area contributed by atoms with Crippen molar-refractivity contribution in [2.45, 2.75) is 26.6 Å². The minimum atomic E-state index is -4.54. The van der Waals surface area contributed by atoms with Crippen LogP contribution in [-0.2, 0) is 24.0 Å². The third kappa shape index (κ3) is 5.51. The molecule has 0 saturated carbocycles. The van der Waals surface area contributed by atoms with Gasteiger partial charge in [0.1, 0.15) is 5.69 Å². The summed E-state index contributed by atoms with van der Waals surface area (Å²) in [5, 5.41) is 2.60. The van der Waals surface area contributed by atoms with Gasteiger partial charge in [-0.1, -0.05) is 29.8 Å². The Hall–Kier alpha value is -3.24. The molecule has 32 heavy (non-hydrogen) atoms. The van der Waals surface area contributed by atoms with Crippen LogP contribution in [-0.4, -0.2) is 19.7 Å². The van der Waals surface area contributed by atoms with Gasteiger partial charge in [0, 0.05) is 18.3 Å². The molecule has 0 fully saturated rings. The lowest BCUT2D eigenvalue weighted by atomic mass is 10.1. The van der Waals surface area contributed by atoms with Gasteiger partial charge < -0.3 is 9.87 Å². The van der Waals surface area contributed by atoms with Crippen LogP contribution < -0.4 is 9.62 Å². The van der Waals surface area contributed by atoms with E-state index >= 15 is 0 Å². The van der Waals surface area contributed by atoms with Gasteiger partial charge >= 0.3 is 6.18 Å². The van der Waals surface area contributed by atoms with Crippen LogP contribution in [0.3, 0.4) is 0 Å². The molecule has 0 aliphatic carbocycles. The molecule has 0 saturated heterocycles. The van der Waals surface area contributed by atoms with Gasteiger partial charge in [-0.05, 0) is 55.3 Å². The van der Waals surface area contributed by atoms with Gasteiger partial charge in [0.25, 0.3) is 5.91 Å². The van der Waals surface area contributed by atoms with Crippen molar-refractivity contribution in [1.82, 2.24) is 10.3 Å². The van der Waals surface area contributed by atoms with Crippen molar-refractivity contribution in [2.24, 2.45) is 0 Å². The zero-order valence-electron chi connectivity index (χ0n) is 17.1. The lowest BCUT2D eigenvalue weighted by molar-refractivity contribution is -0.141. The molecule has 1 aromatic heterocycles.